The Kier molecular flexibility index (Phi) is 5.72. The second-order valence-corrected chi connectivity index (χ2v) is 7.04. The van der Waals surface area contributed by atoms with Gasteiger partial charge in [0.1, 0.15) is 11.3 Å². The van der Waals surface area contributed by atoms with Crippen LogP contribution in [0, 0.1) is 6.92 Å². The summed E-state index contributed by atoms with van der Waals surface area (Å²) in [5.41, 5.74) is 1.53. The highest BCUT2D eigenvalue weighted by atomic mass is 16.5. The molecule has 0 bridgehead atoms. The molecule has 3 aromatic carbocycles. The van der Waals surface area contributed by atoms with Crippen molar-refractivity contribution in [2.75, 3.05) is 12.4 Å². The number of anilines is 1. The molecule has 1 amide bonds. The van der Waals surface area contributed by atoms with Crippen molar-refractivity contribution in [3.63, 3.8) is 0 Å². The van der Waals surface area contributed by atoms with Crippen molar-refractivity contribution >= 4 is 34.3 Å². The monoisotopic (exact) mass is 429 g/mol. The molecular formula is C25H19NO6. The highest BCUT2D eigenvalue weighted by Crippen LogP contribution is 2.28. The molecule has 160 valence electrons. The van der Waals surface area contributed by atoms with Gasteiger partial charge in [-0.2, -0.15) is 0 Å². The van der Waals surface area contributed by atoms with Crippen LogP contribution in [0.25, 0.3) is 10.8 Å². The van der Waals surface area contributed by atoms with Gasteiger partial charge in [0.15, 0.2) is 5.76 Å². The normalized spacial score (nSPS) is 10.6. The van der Waals surface area contributed by atoms with Crippen LogP contribution in [0.3, 0.4) is 0 Å². The Morgan fingerprint density at radius 3 is 2.31 bits per heavy atom. The number of carbonyl (C=O) groups excluding carboxylic acids is 3. The minimum absolute atomic E-state index is 0.0855. The van der Waals surface area contributed by atoms with Gasteiger partial charge in [0.25, 0.3) is 5.91 Å². The minimum atomic E-state index is -0.682. The number of methoxy groups -OCH3 is 1. The second kappa shape index (κ2) is 8.77. The van der Waals surface area contributed by atoms with Crippen molar-refractivity contribution in [1.82, 2.24) is 0 Å². The van der Waals surface area contributed by atoms with Crippen molar-refractivity contribution < 1.29 is 28.3 Å². The van der Waals surface area contributed by atoms with Crippen LogP contribution in [-0.2, 0) is 4.74 Å². The molecule has 0 unspecified atom stereocenters. The number of benzene rings is 3. The molecule has 4 rings (SSSR count). The summed E-state index contributed by atoms with van der Waals surface area (Å²) in [4.78, 5) is 37.4. The van der Waals surface area contributed by atoms with E-state index in [9.17, 15) is 14.4 Å². The van der Waals surface area contributed by atoms with Gasteiger partial charge < -0.3 is 19.2 Å². The number of ether oxygens (including phenoxy) is 2. The number of rotatable bonds is 5. The van der Waals surface area contributed by atoms with Gasteiger partial charge in [0.2, 0.25) is 0 Å². The lowest BCUT2D eigenvalue weighted by Gasteiger charge is -2.12. The molecule has 7 nitrogen and oxygen atoms in total. The zero-order valence-electron chi connectivity index (χ0n) is 17.4. The van der Waals surface area contributed by atoms with E-state index >= 15 is 0 Å². The van der Waals surface area contributed by atoms with Gasteiger partial charge >= 0.3 is 11.9 Å². The summed E-state index contributed by atoms with van der Waals surface area (Å²) in [6, 6.07) is 18.6. The SMILES string of the molecule is COC(=O)c1cc2ccccc2cc1OC(=O)c1ccc(C)c(NC(=O)c2ccco2)c1. The molecule has 0 aliphatic carbocycles. The highest BCUT2D eigenvalue weighted by molar-refractivity contribution is 6.04. The van der Waals surface area contributed by atoms with Crippen LogP contribution in [0.4, 0.5) is 5.69 Å². The van der Waals surface area contributed by atoms with Crippen LogP contribution < -0.4 is 10.1 Å². The molecule has 0 saturated heterocycles. The molecule has 1 aromatic heterocycles. The Balaban J connectivity index is 1.63. The van der Waals surface area contributed by atoms with E-state index in [1.54, 1.807) is 37.3 Å². The standard InChI is InChI=1S/C25H19NO6/c1-15-9-10-18(13-20(15)26-23(27)21-8-5-11-31-21)24(28)32-22-14-17-7-4-3-6-16(17)12-19(22)25(29)30-2/h3-14H,1-2H3,(H,26,27). The molecule has 0 aliphatic rings. The van der Waals surface area contributed by atoms with Crippen molar-refractivity contribution in [3.8, 4) is 5.75 Å². The van der Waals surface area contributed by atoms with Crippen molar-refractivity contribution in [2.24, 2.45) is 0 Å². The maximum absolute atomic E-state index is 12.9. The van der Waals surface area contributed by atoms with Gasteiger partial charge in [0.05, 0.1) is 18.9 Å². The Labute approximate surface area is 183 Å². The predicted octanol–water partition coefficient (Wildman–Crippen LogP) is 5.00. The summed E-state index contributed by atoms with van der Waals surface area (Å²) in [7, 11) is 1.26. The summed E-state index contributed by atoms with van der Waals surface area (Å²) in [6.45, 7) is 1.80. The van der Waals surface area contributed by atoms with Crippen LogP contribution in [0.1, 0.15) is 36.8 Å². The molecule has 4 aromatic rings. The first kappa shape index (κ1) is 20.9. The summed E-state index contributed by atoms with van der Waals surface area (Å²) < 4.78 is 15.5. The number of hydrogen-bond acceptors (Lipinski definition) is 6. The van der Waals surface area contributed by atoms with Crippen LogP contribution in [0.5, 0.6) is 5.75 Å². The number of aryl methyl sites for hydroxylation is 1. The van der Waals surface area contributed by atoms with Gasteiger partial charge in [-0.1, -0.05) is 30.3 Å². The quantitative estimate of drug-likeness (QED) is 0.354. The van der Waals surface area contributed by atoms with Crippen LogP contribution >= 0.6 is 0 Å². The van der Waals surface area contributed by atoms with Gasteiger partial charge in [0, 0.05) is 5.69 Å². The number of carbonyl (C=O) groups is 3. The fraction of sp³-hybridized carbons (Fsp3) is 0.0800. The van der Waals surface area contributed by atoms with Crippen molar-refractivity contribution in [1.29, 1.82) is 0 Å². The Hall–Kier alpha value is -4.39. The number of esters is 2. The molecule has 0 radical (unpaired) electrons. The zero-order valence-corrected chi connectivity index (χ0v) is 17.4. The maximum atomic E-state index is 12.9. The van der Waals surface area contributed by atoms with Gasteiger partial charge in [-0.25, -0.2) is 9.59 Å². The second-order valence-electron chi connectivity index (χ2n) is 7.04. The first-order chi connectivity index (χ1) is 15.5. The number of amides is 1. The van der Waals surface area contributed by atoms with Gasteiger partial charge in [-0.15, -0.1) is 0 Å². The molecule has 0 atom stereocenters. The highest BCUT2D eigenvalue weighted by Gasteiger charge is 2.19. The van der Waals surface area contributed by atoms with E-state index in [0.29, 0.717) is 5.69 Å². The van der Waals surface area contributed by atoms with Crippen LogP contribution in [0.15, 0.2) is 77.4 Å². The largest absolute Gasteiger partial charge is 0.465 e. The lowest BCUT2D eigenvalue weighted by atomic mass is 10.1. The van der Waals surface area contributed by atoms with Crippen molar-refractivity contribution in [2.45, 2.75) is 6.92 Å². The van der Waals surface area contributed by atoms with Gasteiger partial charge in [-0.05, 0) is 59.7 Å². The Bertz CT molecular complexity index is 1320. The van der Waals surface area contributed by atoms with Gasteiger partial charge in [-0.3, -0.25) is 4.79 Å². The molecule has 32 heavy (non-hydrogen) atoms. The summed E-state index contributed by atoms with van der Waals surface area (Å²) in [5, 5.41) is 4.34. The molecule has 0 aliphatic heterocycles. The lowest BCUT2D eigenvalue weighted by Crippen LogP contribution is -2.15. The first-order valence-corrected chi connectivity index (χ1v) is 9.75. The average Bonchev–Trinajstić information content (AvgIpc) is 3.34. The smallest absolute Gasteiger partial charge is 0.343 e. The van der Waals surface area contributed by atoms with Crippen LogP contribution in [0.2, 0.25) is 0 Å². The van der Waals surface area contributed by atoms with Crippen LogP contribution in [-0.4, -0.2) is 25.0 Å². The number of fused-ring (bicyclic) bond motifs is 1. The minimum Gasteiger partial charge on any atom is -0.465 e. The lowest BCUT2D eigenvalue weighted by molar-refractivity contribution is 0.0593. The van der Waals surface area contributed by atoms with E-state index in [1.807, 2.05) is 24.3 Å². The summed E-state index contributed by atoms with van der Waals surface area (Å²) in [6.07, 6.45) is 1.40. The fourth-order valence-electron chi connectivity index (χ4n) is 3.21. The first-order valence-electron chi connectivity index (χ1n) is 9.75. The Morgan fingerprint density at radius 1 is 0.875 bits per heavy atom. The van der Waals surface area contributed by atoms with Crippen molar-refractivity contribution in [3.05, 3.63) is 95.4 Å². The fourth-order valence-corrected chi connectivity index (χ4v) is 3.21. The van der Waals surface area contributed by atoms with E-state index in [1.165, 1.54) is 25.5 Å². The molecule has 0 fully saturated rings. The molecule has 1 heterocycles. The molecule has 7 heteroatoms. The third-order valence-corrected chi connectivity index (χ3v) is 4.92. The third kappa shape index (κ3) is 4.22. The van der Waals surface area contributed by atoms with E-state index in [0.717, 1.165) is 16.3 Å². The topological polar surface area (TPSA) is 94.8 Å². The summed E-state index contributed by atoms with van der Waals surface area (Å²) >= 11 is 0. The number of hydrogen-bond donors (Lipinski definition) is 1. The maximum Gasteiger partial charge on any atom is 0.343 e. The molecule has 0 spiro atoms. The van der Waals surface area contributed by atoms with E-state index in [4.69, 9.17) is 13.9 Å². The molecule has 1 N–H and O–H groups in total. The zero-order chi connectivity index (χ0) is 22.7. The number of furan rings is 1. The van der Waals surface area contributed by atoms with E-state index < -0.39 is 17.8 Å². The average molecular weight is 429 g/mol. The predicted molar refractivity (Wildman–Crippen MR) is 118 cm³/mol. The Morgan fingerprint density at radius 2 is 1.62 bits per heavy atom. The molecular weight excluding hydrogens is 410 g/mol. The number of nitrogens with one attached hydrogen (secondary N) is 1. The molecule has 0 saturated carbocycles. The van der Waals surface area contributed by atoms with E-state index in [2.05, 4.69) is 5.32 Å². The van der Waals surface area contributed by atoms with E-state index in [-0.39, 0.29) is 22.6 Å². The third-order valence-electron chi connectivity index (χ3n) is 4.92. The summed E-state index contributed by atoms with van der Waals surface area (Å²) in [5.74, 6) is -1.50.